The molecule has 5 nitrogen and oxygen atoms in total. The summed E-state index contributed by atoms with van der Waals surface area (Å²) in [5.41, 5.74) is 3.04. The van der Waals surface area contributed by atoms with Gasteiger partial charge in [0.05, 0.1) is 20.1 Å². The number of halogens is 1. The maximum atomic E-state index is 12.9. The van der Waals surface area contributed by atoms with Crippen LogP contribution in [-0.4, -0.2) is 38.7 Å². The third-order valence-electron chi connectivity index (χ3n) is 4.90. The van der Waals surface area contributed by atoms with Crippen LogP contribution >= 0.6 is 11.6 Å². The van der Waals surface area contributed by atoms with Crippen molar-refractivity contribution < 1.29 is 19.0 Å². The van der Waals surface area contributed by atoms with Gasteiger partial charge in [0.25, 0.3) is 0 Å². The number of benzene rings is 2. The zero-order chi connectivity index (χ0) is 19.6. The number of hydrogen-bond donors (Lipinski definition) is 0. The van der Waals surface area contributed by atoms with Gasteiger partial charge in [-0.2, -0.15) is 0 Å². The van der Waals surface area contributed by atoms with E-state index in [1.165, 1.54) is 0 Å². The molecule has 0 saturated heterocycles. The standard InChI is InChI=1S/C21H24ClNO4/c1-13-7-19(25-3)20(26-4)10-15(13)11-23(2)21(24)16-8-14-9-17(22)5-6-18(14)27-12-16/h5-7,9-10,16H,8,11-12H2,1-4H3/t16-/m1/s1. The molecule has 1 amide bonds. The van der Waals surface area contributed by atoms with Crippen LogP contribution in [-0.2, 0) is 17.8 Å². The molecule has 2 aromatic rings. The van der Waals surface area contributed by atoms with Crippen LogP contribution in [0.2, 0.25) is 5.02 Å². The van der Waals surface area contributed by atoms with Gasteiger partial charge in [0.15, 0.2) is 11.5 Å². The highest BCUT2D eigenvalue weighted by atomic mass is 35.5. The topological polar surface area (TPSA) is 48.0 Å². The number of carbonyl (C=O) groups is 1. The second-order valence-electron chi connectivity index (χ2n) is 6.79. The summed E-state index contributed by atoms with van der Waals surface area (Å²) in [6, 6.07) is 9.37. The van der Waals surface area contributed by atoms with Crippen molar-refractivity contribution in [2.24, 2.45) is 5.92 Å². The molecule has 0 aliphatic carbocycles. The summed E-state index contributed by atoms with van der Waals surface area (Å²) >= 11 is 6.07. The molecule has 0 spiro atoms. The van der Waals surface area contributed by atoms with Crippen molar-refractivity contribution in [2.45, 2.75) is 19.9 Å². The number of amides is 1. The lowest BCUT2D eigenvalue weighted by Crippen LogP contribution is -2.38. The fourth-order valence-corrected chi connectivity index (χ4v) is 3.55. The monoisotopic (exact) mass is 389 g/mol. The van der Waals surface area contributed by atoms with E-state index < -0.39 is 0 Å². The number of methoxy groups -OCH3 is 2. The minimum atomic E-state index is -0.221. The zero-order valence-electron chi connectivity index (χ0n) is 16.0. The van der Waals surface area contributed by atoms with Crippen LogP contribution < -0.4 is 14.2 Å². The number of fused-ring (bicyclic) bond motifs is 1. The molecule has 0 N–H and O–H groups in total. The summed E-state index contributed by atoms with van der Waals surface area (Å²) in [5.74, 6) is 1.98. The van der Waals surface area contributed by atoms with Crippen LogP contribution in [0.25, 0.3) is 0 Å². The van der Waals surface area contributed by atoms with Gasteiger partial charge in [-0.1, -0.05) is 11.6 Å². The molecule has 27 heavy (non-hydrogen) atoms. The van der Waals surface area contributed by atoms with E-state index in [1.807, 2.05) is 38.2 Å². The Morgan fingerprint density at radius 2 is 1.93 bits per heavy atom. The van der Waals surface area contributed by atoms with Crippen molar-refractivity contribution in [2.75, 3.05) is 27.9 Å². The van der Waals surface area contributed by atoms with Gasteiger partial charge >= 0.3 is 0 Å². The highest BCUT2D eigenvalue weighted by molar-refractivity contribution is 6.30. The van der Waals surface area contributed by atoms with Crippen molar-refractivity contribution in [1.29, 1.82) is 0 Å². The van der Waals surface area contributed by atoms with Crippen LogP contribution in [0.4, 0.5) is 0 Å². The van der Waals surface area contributed by atoms with Gasteiger partial charge in [-0.25, -0.2) is 0 Å². The first-order chi connectivity index (χ1) is 12.9. The van der Waals surface area contributed by atoms with Crippen molar-refractivity contribution in [3.8, 4) is 17.2 Å². The summed E-state index contributed by atoms with van der Waals surface area (Å²) in [7, 11) is 5.03. The van der Waals surface area contributed by atoms with E-state index in [0.717, 1.165) is 22.4 Å². The highest BCUT2D eigenvalue weighted by Gasteiger charge is 2.28. The molecule has 1 aliphatic heterocycles. The smallest absolute Gasteiger partial charge is 0.229 e. The molecule has 2 aromatic carbocycles. The number of carbonyl (C=O) groups excluding carboxylic acids is 1. The normalized spacial score (nSPS) is 15.5. The third-order valence-corrected chi connectivity index (χ3v) is 5.14. The number of aryl methyl sites for hydroxylation is 1. The van der Waals surface area contributed by atoms with Crippen LogP contribution in [0, 0.1) is 12.8 Å². The van der Waals surface area contributed by atoms with Crippen molar-refractivity contribution in [3.63, 3.8) is 0 Å². The van der Waals surface area contributed by atoms with E-state index >= 15 is 0 Å². The number of hydrogen-bond acceptors (Lipinski definition) is 4. The molecule has 1 atom stereocenters. The predicted octanol–water partition coefficient (Wildman–Crippen LogP) is 3.88. The highest BCUT2D eigenvalue weighted by Crippen LogP contribution is 2.32. The van der Waals surface area contributed by atoms with Gasteiger partial charge in [0.1, 0.15) is 12.4 Å². The van der Waals surface area contributed by atoms with Gasteiger partial charge in [-0.3, -0.25) is 4.79 Å². The number of rotatable bonds is 5. The second kappa shape index (κ2) is 8.09. The molecule has 6 heteroatoms. The van der Waals surface area contributed by atoms with Gasteiger partial charge in [-0.15, -0.1) is 0 Å². The molecule has 1 aliphatic rings. The van der Waals surface area contributed by atoms with E-state index in [1.54, 1.807) is 25.2 Å². The van der Waals surface area contributed by atoms with Crippen molar-refractivity contribution in [3.05, 3.63) is 52.0 Å². The Hall–Kier alpha value is -2.40. The molecular formula is C21H24ClNO4. The first kappa shape index (κ1) is 19.4. The van der Waals surface area contributed by atoms with Crippen LogP contribution in [0.5, 0.6) is 17.2 Å². The number of ether oxygens (including phenoxy) is 3. The Balaban J connectivity index is 1.73. The summed E-state index contributed by atoms with van der Waals surface area (Å²) in [4.78, 5) is 14.7. The molecule has 0 radical (unpaired) electrons. The fourth-order valence-electron chi connectivity index (χ4n) is 3.36. The van der Waals surface area contributed by atoms with Crippen LogP contribution in [0.3, 0.4) is 0 Å². The van der Waals surface area contributed by atoms with Crippen LogP contribution in [0.1, 0.15) is 16.7 Å². The van der Waals surface area contributed by atoms with Gasteiger partial charge in [-0.05, 0) is 60.4 Å². The third kappa shape index (κ3) is 4.14. The number of nitrogens with zero attached hydrogens (tertiary/aromatic N) is 1. The van der Waals surface area contributed by atoms with Crippen molar-refractivity contribution >= 4 is 17.5 Å². The van der Waals surface area contributed by atoms with E-state index in [9.17, 15) is 4.79 Å². The molecule has 0 unspecified atom stereocenters. The Kier molecular flexibility index (Phi) is 5.80. The van der Waals surface area contributed by atoms with Gasteiger partial charge in [0.2, 0.25) is 5.91 Å². The van der Waals surface area contributed by atoms with Gasteiger partial charge in [0, 0.05) is 18.6 Å². The molecule has 3 rings (SSSR count). The summed E-state index contributed by atoms with van der Waals surface area (Å²) in [6.45, 7) is 2.87. The fraction of sp³-hybridized carbons (Fsp3) is 0.381. The average molecular weight is 390 g/mol. The first-order valence-corrected chi connectivity index (χ1v) is 9.18. The lowest BCUT2D eigenvalue weighted by molar-refractivity contribution is -0.136. The molecular weight excluding hydrogens is 366 g/mol. The molecule has 0 bridgehead atoms. The Bertz CT molecular complexity index is 852. The minimum Gasteiger partial charge on any atom is -0.493 e. The Labute approximate surface area is 164 Å². The SMILES string of the molecule is COc1cc(C)c(CN(C)C(=O)[C@H]2COc3ccc(Cl)cc3C2)cc1OC. The molecule has 0 aromatic heterocycles. The summed E-state index contributed by atoms with van der Waals surface area (Å²) in [5, 5.41) is 0.653. The van der Waals surface area contributed by atoms with E-state index in [0.29, 0.717) is 36.1 Å². The second-order valence-corrected chi connectivity index (χ2v) is 7.23. The quantitative estimate of drug-likeness (QED) is 0.778. The molecule has 144 valence electrons. The largest absolute Gasteiger partial charge is 0.493 e. The minimum absolute atomic E-state index is 0.0508. The lowest BCUT2D eigenvalue weighted by atomic mass is 9.95. The zero-order valence-corrected chi connectivity index (χ0v) is 16.8. The first-order valence-electron chi connectivity index (χ1n) is 8.80. The van der Waals surface area contributed by atoms with E-state index in [-0.39, 0.29) is 11.8 Å². The Morgan fingerprint density at radius 1 is 1.22 bits per heavy atom. The maximum Gasteiger partial charge on any atom is 0.229 e. The Morgan fingerprint density at radius 3 is 2.63 bits per heavy atom. The average Bonchev–Trinajstić information content (AvgIpc) is 2.67. The molecule has 0 saturated carbocycles. The summed E-state index contributed by atoms with van der Waals surface area (Å²) < 4.78 is 16.5. The summed E-state index contributed by atoms with van der Waals surface area (Å²) in [6.07, 6.45) is 0.629. The maximum absolute atomic E-state index is 12.9. The van der Waals surface area contributed by atoms with E-state index in [2.05, 4.69) is 0 Å². The van der Waals surface area contributed by atoms with Crippen molar-refractivity contribution in [1.82, 2.24) is 4.90 Å². The van der Waals surface area contributed by atoms with Crippen LogP contribution in [0.15, 0.2) is 30.3 Å². The van der Waals surface area contributed by atoms with E-state index in [4.69, 9.17) is 25.8 Å². The van der Waals surface area contributed by atoms with Gasteiger partial charge < -0.3 is 19.1 Å². The molecule has 1 heterocycles. The lowest BCUT2D eigenvalue weighted by Gasteiger charge is -2.29. The predicted molar refractivity (Wildman–Crippen MR) is 105 cm³/mol. The molecule has 0 fully saturated rings.